The lowest BCUT2D eigenvalue weighted by molar-refractivity contribution is 0.0970. The quantitative estimate of drug-likeness (QED) is 0.192. The van der Waals surface area contributed by atoms with Crippen LogP contribution in [0.15, 0.2) is 100 Å². The standard InChI is InChI=1S/C34H26FNO6/c1-3-40-29-17-23(11-15-28(29)41-19-21-7-5-4-6-8-21)31-30-32(38)26-18-24(35)12-16-27(26)42-33(30)34(39)36(31)25-13-9-22(10-14-25)20(2)37/h4-18,31H,3,19H2,1-2H3. The van der Waals surface area contributed by atoms with E-state index in [1.807, 2.05) is 37.3 Å². The van der Waals surface area contributed by atoms with Gasteiger partial charge in [-0.2, -0.15) is 0 Å². The first-order chi connectivity index (χ1) is 20.4. The largest absolute Gasteiger partial charge is 0.490 e. The first kappa shape index (κ1) is 27.0. The third kappa shape index (κ3) is 4.81. The Balaban J connectivity index is 1.50. The van der Waals surface area contributed by atoms with Crippen molar-refractivity contribution in [3.63, 3.8) is 0 Å². The zero-order chi connectivity index (χ0) is 29.4. The molecule has 1 unspecified atom stereocenters. The van der Waals surface area contributed by atoms with Crippen LogP contribution in [0.2, 0.25) is 0 Å². The molecule has 0 saturated heterocycles. The lowest BCUT2D eigenvalue weighted by atomic mass is 9.97. The summed E-state index contributed by atoms with van der Waals surface area (Å²) in [6.45, 7) is 3.98. The number of anilines is 1. The fourth-order valence-corrected chi connectivity index (χ4v) is 5.20. The maximum atomic E-state index is 14.2. The molecule has 0 N–H and O–H groups in total. The van der Waals surface area contributed by atoms with E-state index in [-0.39, 0.29) is 28.1 Å². The Morgan fingerprint density at radius 1 is 0.905 bits per heavy atom. The van der Waals surface area contributed by atoms with Gasteiger partial charge in [-0.25, -0.2) is 4.39 Å². The summed E-state index contributed by atoms with van der Waals surface area (Å²) in [7, 11) is 0. The molecule has 1 atom stereocenters. The summed E-state index contributed by atoms with van der Waals surface area (Å²) >= 11 is 0. The fourth-order valence-electron chi connectivity index (χ4n) is 5.20. The molecular weight excluding hydrogens is 537 g/mol. The highest BCUT2D eigenvalue weighted by Gasteiger charge is 2.44. The molecule has 42 heavy (non-hydrogen) atoms. The highest BCUT2D eigenvalue weighted by Crippen LogP contribution is 2.43. The minimum atomic E-state index is -0.915. The number of halogens is 1. The molecule has 5 aromatic rings. The van der Waals surface area contributed by atoms with E-state index >= 15 is 0 Å². The summed E-state index contributed by atoms with van der Waals surface area (Å²) in [6.07, 6.45) is 0. The number of Topliss-reactive ketones (excluding diaryl/α,β-unsaturated/α-hetero) is 1. The van der Waals surface area contributed by atoms with Gasteiger partial charge in [-0.3, -0.25) is 19.3 Å². The normalized spacial score (nSPS) is 14.2. The number of nitrogens with zero attached hydrogens (tertiary/aromatic N) is 1. The molecule has 0 radical (unpaired) electrons. The second-order valence-electron chi connectivity index (χ2n) is 9.91. The molecule has 0 spiro atoms. The van der Waals surface area contributed by atoms with Crippen molar-refractivity contribution in [2.45, 2.75) is 26.5 Å². The van der Waals surface area contributed by atoms with Crippen molar-refractivity contribution in [3.8, 4) is 11.5 Å². The number of carbonyl (C=O) groups is 2. The molecule has 8 heteroatoms. The number of benzene rings is 4. The average Bonchev–Trinajstić information content (AvgIpc) is 3.29. The predicted octanol–water partition coefficient (Wildman–Crippen LogP) is 6.86. The van der Waals surface area contributed by atoms with Gasteiger partial charge in [-0.15, -0.1) is 0 Å². The summed E-state index contributed by atoms with van der Waals surface area (Å²) in [5.74, 6) is -0.426. The topological polar surface area (TPSA) is 86.0 Å². The Morgan fingerprint density at radius 3 is 2.38 bits per heavy atom. The zero-order valence-corrected chi connectivity index (χ0v) is 22.9. The monoisotopic (exact) mass is 563 g/mol. The van der Waals surface area contributed by atoms with Crippen molar-refractivity contribution in [1.82, 2.24) is 0 Å². The number of amides is 1. The fraction of sp³-hybridized carbons (Fsp3) is 0.147. The van der Waals surface area contributed by atoms with E-state index in [1.54, 1.807) is 42.5 Å². The summed E-state index contributed by atoms with van der Waals surface area (Å²) < 4.78 is 32.1. The van der Waals surface area contributed by atoms with Crippen LogP contribution in [-0.4, -0.2) is 18.3 Å². The van der Waals surface area contributed by atoms with Crippen LogP contribution in [0.4, 0.5) is 10.1 Å². The molecule has 4 aromatic carbocycles. The van der Waals surface area contributed by atoms with Crippen LogP contribution in [0.5, 0.6) is 11.5 Å². The Kier molecular flexibility index (Phi) is 7.04. The summed E-state index contributed by atoms with van der Waals surface area (Å²) in [6, 6.07) is 24.2. The van der Waals surface area contributed by atoms with Gasteiger partial charge in [0.25, 0.3) is 5.91 Å². The number of ketones is 1. The highest BCUT2D eigenvalue weighted by molar-refractivity contribution is 6.11. The van der Waals surface area contributed by atoms with Gasteiger partial charge in [0.1, 0.15) is 18.0 Å². The zero-order valence-electron chi connectivity index (χ0n) is 22.9. The SMILES string of the molecule is CCOc1cc(C2c3c(oc4ccc(F)cc4c3=O)C(=O)N2c2ccc(C(C)=O)cc2)ccc1OCc1ccccc1. The van der Waals surface area contributed by atoms with Crippen molar-refractivity contribution in [3.05, 3.63) is 135 Å². The number of hydrogen-bond donors (Lipinski definition) is 0. The third-order valence-corrected chi connectivity index (χ3v) is 7.20. The van der Waals surface area contributed by atoms with E-state index in [2.05, 4.69) is 0 Å². The summed E-state index contributed by atoms with van der Waals surface area (Å²) in [5.41, 5.74) is 2.18. The molecular formula is C34H26FNO6. The van der Waals surface area contributed by atoms with Crippen LogP contribution in [0.25, 0.3) is 11.0 Å². The van der Waals surface area contributed by atoms with Crippen molar-refractivity contribution in [1.29, 1.82) is 0 Å². The maximum absolute atomic E-state index is 14.2. The van der Waals surface area contributed by atoms with Crippen molar-refractivity contribution < 1.29 is 27.9 Å². The minimum Gasteiger partial charge on any atom is -0.490 e. The van der Waals surface area contributed by atoms with E-state index in [0.29, 0.717) is 41.5 Å². The number of carbonyl (C=O) groups excluding carboxylic acids is 2. The molecule has 2 heterocycles. The summed E-state index contributed by atoms with van der Waals surface area (Å²) in [4.78, 5) is 41.1. The van der Waals surface area contributed by atoms with Gasteiger partial charge < -0.3 is 13.9 Å². The van der Waals surface area contributed by atoms with Gasteiger partial charge in [0, 0.05) is 11.3 Å². The molecule has 0 fully saturated rings. The maximum Gasteiger partial charge on any atom is 0.295 e. The van der Waals surface area contributed by atoms with Gasteiger partial charge >= 0.3 is 0 Å². The molecule has 0 aliphatic carbocycles. The van der Waals surface area contributed by atoms with Gasteiger partial charge in [0.05, 0.1) is 23.6 Å². The van der Waals surface area contributed by atoms with Crippen molar-refractivity contribution in [2.75, 3.05) is 11.5 Å². The Morgan fingerprint density at radius 2 is 1.67 bits per heavy atom. The molecule has 7 nitrogen and oxygen atoms in total. The van der Waals surface area contributed by atoms with Crippen molar-refractivity contribution >= 4 is 28.3 Å². The van der Waals surface area contributed by atoms with Crippen molar-refractivity contribution in [2.24, 2.45) is 0 Å². The van der Waals surface area contributed by atoms with E-state index in [1.165, 1.54) is 24.0 Å². The van der Waals surface area contributed by atoms with Gasteiger partial charge in [-0.1, -0.05) is 36.4 Å². The van der Waals surface area contributed by atoms with Crippen LogP contribution >= 0.6 is 0 Å². The van der Waals surface area contributed by atoms with Gasteiger partial charge in [-0.05, 0) is 79.6 Å². The van der Waals surface area contributed by atoms with Crippen LogP contribution in [0.1, 0.15) is 57.5 Å². The van der Waals surface area contributed by atoms with Crippen LogP contribution < -0.4 is 19.8 Å². The van der Waals surface area contributed by atoms with Crippen LogP contribution in [-0.2, 0) is 6.61 Å². The predicted molar refractivity (Wildman–Crippen MR) is 156 cm³/mol. The molecule has 6 rings (SSSR count). The molecule has 1 aliphatic heterocycles. The Bertz CT molecular complexity index is 1880. The number of fused-ring (bicyclic) bond motifs is 2. The molecule has 1 amide bonds. The van der Waals surface area contributed by atoms with E-state index in [9.17, 15) is 18.8 Å². The highest BCUT2D eigenvalue weighted by atomic mass is 19.1. The number of hydrogen-bond acceptors (Lipinski definition) is 6. The third-order valence-electron chi connectivity index (χ3n) is 7.20. The van der Waals surface area contributed by atoms with Gasteiger partial charge in [0.2, 0.25) is 5.76 Å². The number of ether oxygens (including phenoxy) is 2. The van der Waals surface area contributed by atoms with E-state index < -0.39 is 23.2 Å². The average molecular weight is 564 g/mol. The Hall–Kier alpha value is -5.24. The minimum absolute atomic E-state index is 0.0353. The first-order valence-corrected chi connectivity index (χ1v) is 13.5. The number of rotatable bonds is 8. The summed E-state index contributed by atoms with van der Waals surface area (Å²) in [5, 5.41) is 0.0353. The lowest BCUT2D eigenvalue weighted by Crippen LogP contribution is -2.29. The van der Waals surface area contributed by atoms with E-state index in [4.69, 9.17) is 13.9 Å². The smallest absolute Gasteiger partial charge is 0.295 e. The van der Waals surface area contributed by atoms with Gasteiger partial charge in [0.15, 0.2) is 22.7 Å². The Labute approximate surface area is 240 Å². The molecule has 1 aromatic heterocycles. The van der Waals surface area contributed by atoms with Crippen LogP contribution in [0, 0.1) is 5.82 Å². The molecule has 0 bridgehead atoms. The molecule has 210 valence electrons. The first-order valence-electron chi connectivity index (χ1n) is 13.5. The second kappa shape index (κ2) is 11.0. The van der Waals surface area contributed by atoms with Crippen LogP contribution in [0.3, 0.4) is 0 Å². The second-order valence-corrected chi connectivity index (χ2v) is 9.91. The molecule has 0 saturated carbocycles. The molecule has 1 aliphatic rings. The lowest BCUT2D eigenvalue weighted by Gasteiger charge is -2.26. The van der Waals surface area contributed by atoms with E-state index in [0.717, 1.165) is 11.6 Å².